The Morgan fingerprint density at radius 1 is 1.06 bits per heavy atom. The molecule has 180 valence electrons. The van der Waals surface area contributed by atoms with Crippen LogP contribution in [-0.4, -0.2) is 29.3 Å². The zero-order chi connectivity index (χ0) is 25.2. The van der Waals surface area contributed by atoms with Crippen LogP contribution in [0.2, 0.25) is 0 Å². The Balaban J connectivity index is 1.96. The Bertz CT molecular complexity index is 1180. The molecule has 0 saturated carbocycles. The first-order valence-corrected chi connectivity index (χ1v) is 10.3. The lowest BCUT2D eigenvalue weighted by Crippen LogP contribution is -2.40. The molecule has 4 N–H and O–H groups in total. The third kappa shape index (κ3) is 5.42. The molecule has 3 aromatic rings. The van der Waals surface area contributed by atoms with Crippen molar-refractivity contribution in [3.63, 3.8) is 0 Å². The summed E-state index contributed by atoms with van der Waals surface area (Å²) >= 11 is 0.795. The summed E-state index contributed by atoms with van der Waals surface area (Å²) in [6.07, 6.45) is -4.56. The van der Waals surface area contributed by atoms with Crippen LogP contribution in [0.15, 0.2) is 48.5 Å². The monoisotopic (exact) mass is 500 g/mol. The van der Waals surface area contributed by atoms with Crippen molar-refractivity contribution in [2.45, 2.75) is 25.8 Å². The number of benzene rings is 2. The van der Waals surface area contributed by atoms with Crippen LogP contribution >= 0.6 is 11.3 Å². The fourth-order valence-electron chi connectivity index (χ4n) is 2.94. The topological polar surface area (TPSA) is 112 Å². The first-order valence-electron chi connectivity index (χ1n) is 9.50. The molecule has 7 nitrogen and oxygen atoms in total. The van der Waals surface area contributed by atoms with Crippen molar-refractivity contribution in [3.05, 3.63) is 64.5 Å². The number of ether oxygens (including phenoxy) is 1. The van der Waals surface area contributed by atoms with Gasteiger partial charge in [0.1, 0.15) is 22.5 Å². The van der Waals surface area contributed by atoms with E-state index in [1.807, 2.05) is 0 Å². The molecule has 1 atom stereocenters. The van der Waals surface area contributed by atoms with E-state index >= 15 is 0 Å². The Hall–Kier alpha value is -3.74. The highest BCUT2D eigenvalue weighted by atomic mass is 32.1. The van der Waals surface area contributed by atoms with Crippen LogP contribution in [0.25, 0.3) is 0 Å². The maximum absolute atomic E-state index is 12.9. The summed E-state index contributed by atoms with van der Waals surface area (Å²) in [6, 6.07) is 7.80. The summed E-state index contributed by atoms with van der Waals surface area (Å²) in [5.41, 5.74) is 10.7. The van der Waals surface area contributed by atoms with Crippen LogP contribution in [0.3, 0.4) is 0 Å². The number of amides is 1. The number of nitrogens with two attached hydrogens (primary N) is 2. The molecule has 34 heavy (non-hydrogen) atoms. The second-order valence-corrected chi connectivity index (χ2v) is 7.91. The lowest BCUT2D eigenvalue weighted by Gasteiger charge is -2.27. The van der Waals surface area contributed by atoms with E-state index in [9.17, 15) is 31.5 Å². The molecule has 0 fully saturated rings. The van der Waals surface area contributed by atoms with Crippen LogP contribution in [0.5, 0.6) is 5.75 Å². The van der Waals surface area contributed by atoms with Crippen molar-refractivity contribution >= 4 is 39.7 Å². The molecule has 0 bridgehead atoms. The second kappa shape index (κ2) is 9.63. The van der Waals surface area contributed by atoms with Gasteiger partial charge < -0.3 is 21.1 Å². The summed E-state index contributed by atoms with van der Waals surface area (Å²) in [4.78, 5) is 30.1. The van der Waals surface area contributed by atoms with Crippen molar-refractivity contribution in [2.24, 2.45) is 5.73 Å². The summed E-state index contributed by atoms with van der Waals surface area (Å²) in [5, 5.41) is 0.0459. The van der Waals surface area contributed by atoms with Crippen LogP contribution in [-0.2, 0) is 11.0 Å². The number of carbonyl (C=O) groups excluding carboxylic acids is 2. The van der Waals surface area contributed by atoms with Crippen molar-refractivity contribution < 1.29 is 36.3 Å². The number of ketones is 1. The van der Waals surface area contributed by atoms with Gasteiger partial charge in [-0.1, -0.05) is 11.3 Å². The number of anilines is 3. The van der Waals surface area contributed by atoms with Crippen LogP contribution in [0.1, 0.15) is 27.7 Å². The van der Waals surface area contributed by atoms with Gasteiger partial charge >= 0.3 is 12.8 Å². The summed E-state index contributed by atoms with van der Waals surface area (Å²) < 4.78 is 67.6. The number of hydrogen-bond acceptors (Lipinski definition) is 7. The van der Waals surface area contributed by atoms with Crippen molar-refractivity contribution in [2.75, 3.05) is 10.6 Å². The van der Waals surface area contributed by atoms with Crippen LogP contribution in [0.4, 0.5) is 38.6 Å². The van der Waals surface area contributed by atoms with E-state index in [1.165, 1.54) is 36.1 Å². The van der Waals surface area contributed by atoms with E-state index in [-0.39, 0.29) is 32.8 Å². The number of hydrogen-bond donors (Lipinski definition) is 2. The summed E-state index contributed by atoms with van der Waals surface area (Å²) in [6.45, 7) is -1.61. The normalized spacial score (nSPS) is 12.4. The van der Waals surface area contributed by atoms with Gasteiger partial charge in [0.25, 0.3) is 0 Å². The minimum atomic E-state index is -4.56. The molecule has 1 aromatic heterocycles. The standard InChI is InChI=1S/C21H17F5N4O3S/c1-10(18(28)32)30(13-6-4-12(5-7-13)21(24,25)26)20-29-17(27)16(34-20)15(31)11-2-8-14(9-3-11)33-19(22)23/h2-10,19H,27H2,1H3,(H2,28,32). The van der Waals surface area contributed by atoms with Crippen molar-refractivity contribution in [1.29, 1.82) is 0 Å². The number of rotatable bonds is 8. The summed E-state index contributed by atoms with van der Waals surface area (Å²) in [5.74, 6) is -1.71. The highest BCUT2D eigenvalue weighted by Crippen LogP contribution is 2.37. The lowest BCUT2D eigenvalue weighted by molar-refractivity contribution is -0.137. The number of carbonyl (C=O) groups is 2. The van der Waals surface area contributed by atoms with Crippen molar-refractivity contribution in [1.82, 2.24) is 4.98 Å². The summed E-state index contributed by atoms with van der Waals surface area (Å²) in [7, 11) is 0. The molecule has 0 aliphatic heterocycles. The predicted molar refractivity (Wildman–Crippen MR) is 115 cm³/mol. The smallest absolute Gasteiger partial charge is 0.416 e. The molecule has 0 radical (unpaired) electrons. The second-order valence-electron chi connectivity index (χ2n) is 6.94. The third-order valence-electron chi connectivity index (χ3n) is 4.67. The maximum Gasteiger partial charge on any atom is 0.416 e. The average Bonchev–Trinajstić information content (AvgIpc) is 3.14. The molecule has 1 heterocycles. The fourth-order valence-corrected chi connectivity index (χ4v) is 3.99. The minimum absolute atomic E-state index is 0.0221. The third-order valence-corrected chi connectivity index (χ3v) is 5.74. The van der Waals surface area contributed by atoms with Gasteiger partial charge in [0, 0.05) is 11.3 Å². The molecule has 13 heteroatoms. The quantitative estimate of drug-likeness (QED) is 0.346. The van der Waals surface area contributed by atoms with E-state index in [2.05, 4.69) is 9.72 Å². The molecule has 2 aromatic carbocycles. The Morgan fingerprint density at radius 3 is 2.15 bits per heavy atom. The highest BCUT2D eigenvalue weighted by Gasteiger charge is 2.32. The first-order chi connectivity index (χ1) is 15.9. The highest BCUT2D eigenvalue weighted by molar-refractivity contribution is 7.18. The van der Waals surface area contributed by atoms with Gasteiger partial charge in [-0.05, 0) is 55.5 Å². The van der Waals surface area contributed by atoms with Gasteiger partial charge in [-0.25, -0.2) is 4.98 Å². The number of nitrogen functional groups attached to an aromatic ring is 1. The van der Waals surface area contributed by atoms with E-state index in [1.54, 1.807) is 0 Å². The number of nitrogens with zero attached hydrogens (tertiary/aromatic N) is 2. The molecule has 1 amide bonds. The number of halogens is 5. The molecular weight excluding hydrogens is 483 g/mol. The van der Waals surface area contributed by atoms with Gasteiger partial charge in [0.05, 0.1) is 5.56 Å². The van der Waals surface area contributed by atoms with E-state index in [0.717, 1.165) is 35.6 Å². The SMILES string of the molecule is CC(C(N)=O)N(c1ccc(C(F)(F)F)cc1)c1nc(N)c(C(=O)c2ccc(OC(F)F)cc2)s1. The Kier molecular flexibility index (Phi) is 7.05. The van der Waals surface area contributed by atoms with Gasteiger partial charge in [-0.2, -0.15) is 22.0 Å². The van der Waals surface area contributed by atoms with Gasteiger partial charge in [0.2, 0.25) is 11.7 Å². The Labute approximate surface area is 193 Å². The van der Waals surface area contributed by atoms with Crippen LogP contribution in [0, 0.1) is 0 Å². The molecule has 1 unspecified atom stereocenters. The first kappa shape index (κ1) is 24.9. The molecule has 3 rings (SSSR count). The molecule has 0 saturated heterocycles. The number of aromatic nitrogens is 1. The van der Waals surface area contributed by atoms with E-state index < -0.39 is 36.1 Å². The maximum atomic E-state index is 12.9. The predicted octanol–water partition coefficient (Wildman–Crippen LogP) is 4.59. The minimum Gasteiger partial charge on any atom is -0.435 e. The van der Waals surface area contributed by atoms with Crippen molar-refractivity contribution in [3.8, 4) is 5.75 Å². The largest absolute Gasteiger partial charge is 0.435 e. The average molecular weight is 500 g/mol. The number of primary amides is 1. The molecule has 0 aliphatic carbocycles. The molecule has 0 aliphatic rings. The van der Waals surface area contributed by atoms with E-state index in [4.69, 9.17) is 11.5 Å². The van der Waals surface area contributed by atoms with Crippen LogP contribution < -0.4 is 21.1 Å². The van der Waals surface area contributed by atoms with E-state index in [0.29, 0.717) is 0 Å². The number of thiazole rings is 1. The zero-order valence-electron chi connectivity index (χ0n) is 17.3. The molecule has 0 spiro atoms. The van der Waals surface area contributed by atoms with Gasteiger partial charge in [-0.15, -0.1) is 0 Å². The Morgan fingerprint density at radius 2 is 1.65 bits per heavy atom. The van der Waals surface area contributed by atoms with Gasteiger partial charge in [0.15, 0.2) is 5.13 Å². The fraction of sp³-hybridized carbons (Fsp3) is 0.190. The van der Waals surface area contributed by atoms with Gasteiger partial charge in [-0.3, -0.25) is 9.59 Å². The number of alkyl halides is 5. The zero-order valence-corrected chi connectivity index (χ0v) is 18.2. The molecular formula is C21H17F5N4O3S. The lowest BCUT2D eigenvalue weighted by atomic mass is 10.1.